The molecule has 2 N–H and O–H groups in total. The molecule has 0 amide bonds. The van der Waals surface area contributed by atoms with Gasteiger partial charge in [-0.25, -0.2) is 4.79 Å². The van der Waals surface area contributed by atoms with E-state index >= 15 is 0 Å². The Labute approximate surface area is 125 Å². The van der Waals surface area contributed by atoms with Crippen molar-refractivity contribution in [1.29, 1.82) is 0 Å². The summed E-state index contributed by atoms with van der Waals surface area (Å²) in [5, 5.41) is 19.5. The van der Waals surface area contributed by atoms with E-state index in [0.717, 1.165) is 47.8 Å². The van der Waals surface area contributed by atoms with Crippen molar-refractivity contribution in [2.24, 2.45) is 0 Å². The van der Waals surface area contributed by atoms with Crippen LogP contribution in [0.1, 0.15) is 47.7 Å². The summed E-state index contributed by atoms with van der Waals surface area (Å²) in [7, 11) is 0. The van der Waals surface area contributed by atoms with Gasteiger partial charge in [0, 0.05) is 24.7 Å². The lowest BCUT2D eigenvalue weighted by Gasteiger charge is -2.08. The minimum atomic E-state index is -0.881. The molecule has 1 aromatic carbocycles. The number of carboxylic acids is 1. The van der Waals surface area contributed by atoms with Crippen LogP contribution >= 0.6 is 0 Å². The Kier molecular flexibility index (Phi) is 5.02. The topological polar surface area (TPSA) is 62.5 Å². The van der Waals surface area contributed by atoms with E-state index in [0.29, 0.717) is 12.0 Å². The van der Waals surface area contributed by atoms with E-state index in [1.54, 1.807) is 6.07 Å². The maximum absolute atomic E-state index is 11.6. The van der Waals surface area contributed by atoms with E-state index in [-0.39, 0.29) is 6.61 Å². The van der Waals surface area contributed by atoms with Crippen LogP contribution in [0.3, 0.4) is 0 Å². The number of benzene rings is 1. The van der Waals surface area contributed by atoms with Crippen molar-refractivity contribution in [2.75, 3.05) is 6.61 Å². The summed E-state index contributed by atoms with van der Waals surface area (Å²) < 4.78 is 2.06. The van der Waals surface area contributed by atoms with Gasteiger partial charge in [-0.15, -0.1) is 0 Å². The molecular weight excluding hydrogens is 266 g/mol. The summed E-state index contributed by atoms with van der Waals surface area (Å²) in [6, 6.07) is 3.79. The predicted octanol–water partition coefficient (Wildman–Crippen LogP) is 3.37. The van der Waals surface area contributed by atoms with Crippen molar-refractivity contribution in [3.63, 3.8) is 0 Å². The van der Waals surface area contributed by atoms with E-state index in [4.69, 9.17) is 5.11 Å². The van der Waals surface area contributed by atoms with Gasteiger partial charge in [0.25, 0.3) is 0 Å². The van der Waals surface area contributed by atoms with Gasteiger partial charge in [0.05, 0.1) is 11.1 Å². The highest BCUT2D eigenvalue weighted by atomic mass is 16.4. The van der Waals surface area contributed by atoms with Crippen LogP contribution in [-0.4, -0.2) is 27.4 Å². The molecule has 0 atom stereocenters. The fourth-order valence-electron chi connectivity index (χ4n) is 2.79. The quantitative estimate of drug-likeness (QED) is 0.821. The first kappa shape index (κ1) is 15.6. The second kappa shape index (κ2) is 6.76. The fourth-order valence-corrected chi connectivity index (χ4v) is 2.79. The molecule has 114 valence electrons. The highest BCUT2D eigenvalue weighted by molar-refractivity contribution is 6.03. The number of aromatic nitrogens is 1. The normalized spacial score (nSPS) is 11.2. The second-order valence-electron chi connectivity index (χ2n) is 5.54. The van der Waals surface area contributed by atoms with Crippen LogP contribution in [-0.2, 0) is 13.0 Å². The van der Waals surface area contributed by atoms with Gasteiger partial charge in [-0.3, -0.25) is 0 Å². The van der Waals surface area contributed by atoms with Gasteiger partial charge in [-0.05, 0) is 49.4 Å². The third-order valence-corrected chi connectivity index (χ3v) is 3.79. The van der Waals surface area contributed by atoms with Gasteiger partial charge in [-0.1, -0.05) is 13.3 Å². The molecule has 1 heterocycles. The SMILES string of the molecule is CCCCn1cc(CCCO)c2cc(C)cc(C(=O)O)c21. The van der Waals surface area contributed by atoms with Crippen molar-refractivity contribution < 1.29 is 15.0 Å². The van der Waals surface area contributed by atoms with E-state index in [1.165, 1.54) is 0 Å². The number of hydrogen-bond donors (Lipinski definition) is 2. The van der Waals surface area contributed by atoms with Gasteiger partial charge in [0.1, 0.15) is 0 Å². The third kappa shape index (κ3) is 3.27. The van der Waals surface area contributed by atoms with E-state index in [2.05, 4.69) is 23.8 Å². The number of carbonyl (C=O) groups is 1. The van der Waals surface area contributed by atoms with Crippen LogP contribution in [0, 0.1) is 6.92 Å². The summed E-state index contributed by atoms with van der Waals surface area (Å²) in [6.07, 6.45) is 5.62. The van der Waals surface area contributed by atoms with Gasteiger partial charge in [0.15, 0.2) is 0 Å². The number of nitrogens with zero attached hydrogens (tertiary/aromatic N) is 1. The average molecular weight is 289 g/mol. The molecule has 2 rings (SSSR count). The Bertz CT molecular complexity index is 643. The Morgan fingerprint density at radius 2 is 2.05 bits per heavy atom. The Morgan fingerprint density at radius 3 is 2.67 bits per heavy atom. The third-order valence-electron chi connectivity index (χ3n) is 3.79. The van der Waals surface area contributed by atoms with Crippen LogP contribution in [0.15, 0.2) is 18.3 Å². The summed E-state index contributed by atoms with van der Waals surface area (Å²) in [5.74, 6) is -0.881. The second-order valence-corrected chi connectivity index (χ2v) is 5.54. The number of carboxylic acid groups (broad SMARTS) is 1. The Balaban J connectivity index is 2.62. The number of aromatic carboxylic acids is 1. The van der Waals surface area contributed by atoms with Crippen LogP contribution < -0.4 is 0 Å². The van der Waals surface area contributed by atoms with E-state index < -0.39 is 5.97 Å². The van der Waals surface area contributed by atoms with Crippen LogP contribution in [0.5, 0.6) is 0 Å². The highest BCUT2D eigenvalue weighted by Gasteiger charge is 2.17. The van der Waals surface area contributed by atoms with Crippen molar-refractivity contribution in [1.82, 2.24) is 4.57 Å². The number of unbranched alkanes of at least 4 members (excludes halogenated alkanes) is 1. The molecule has 0 unspecified atom stereocenters. The molecule has 0 bridgehead atoms. The molecule has 0 spiro atoms. The molecule has 21 heavy (non-hydrogen) atoms. The largest absolute Gasteiger partial charge is 0.478 e. The molecule has 0 fully saturated rings. The van der Waals surface area contributed by atoms with E-state index in [1.807, 2.05) is 6.92 Å². The summed E-state index contributed by atoms with van der Waals surface area (Å²) in [6.45, 7) is 5.03. The smallest absolute Gasteiger partial charge is 0.337 e. The zero-order chi connectivity index (χ0) is 15.4. The van der Waals surface area contributed by atoms with Crippen molar-refractivity contribution in [2.45, 2.75) is 46.1 Å². The molecular formula is C17H23NO3. The molecule has 0 aliphatic carbocycles. The Morgan fingerprint density at radius 1 is 1.29 bits per heavy atom. The number of fused-ring (bicyclic) bond motifs is 1. The summed E-state index contributed by atoms with van der Waals surface area (Å²) >= 11 is 0. The number of aryl methyl sites for hydroxylation is 3. The lowest BCUT2D eigenvalue weighted by Crippen LogP contribution is -2.03. The first-order chi connectivity index (χ1) is 10.1. The van der Waals surface area contributed by atoms with E-state index in [9.17, 15) is 9.90 Å². The van der Waals surface area contributed by atoms with Gasteiger partial charge in [0.2, 0.25) is 0 Å². The summed E-state index contributed by atoms with van der Waals surface area (Å²) in [5.41, 5.74) is 3.27. The summed E-state index contributed by atoms with van der Waals surface area (Å²) in [4.78, 5) is 11.6. The minimum absolute atomic E-state index is 0.152. The molecule has 0 saturated carbocycles. The number of aliphatic hydroxyl groups is 1. The van der Waals surface area contributed by atoms with Crippen LogP contribution in [0.25, 0.3) is 10.9 Å². The molecule has 0 saturated heterocycles. The first-order valence-corrected chi connectivity index (χ1v) is 7.55. The van der Waals surface area contributed by atoms with Crippen molar-refractivity contribution in [3.05, 3.63) is 35.0 Å². The van der Waals surface area contributed by atoms with Crippen molar-refractivity contribution in [3.8, 4) is 0 Å². The molecule has 0 aliphatic heterocycles. The zero-order valence-electron chi connectivity index (χ0n) is 12.7. The lowest BCUT2D eigenvalue weighted by atomic mass is 10.0. The first-order valence-electron chi connectivity index (χ1n) is 7.55. The maximum Gasteiger partial charge on any atom is 0.337 e. The molecule has 1 aromatic heterocycles. The molecule has 2 aromatic rings. The minimum Gasteiger partial charge on any atom is -0.478 e. The van der Waals surface area contributed by atoms with Crippen LogP contribution in [0.4, 0.5) is 0 Å². The molecule has 4 nitrogen and oxygen atoms in total. The molecule has 0 radical (unpaired) electrons. The average Bonchev–Trinajstić information content (AvgIpc) is 2.79. The fraction of sp³-hybridized carbons (Fsp3) is 0.471. The standard InChI is InChI=1S/C17H23NO3/c1-3-4-7-18-11-13(6-5-8-19)14-9-12(2)10-15(16(14)18)17(20)21/h9-11,19H,3-8H2,1-2H3,(H,20,21). The van der Waals surface area contributed by atoms with Gasteiger partial charge < -0.3 is 14.8 Å². The number of hydrogen-bond acceptors (Lipinski definition) is 2. The monoisotopic (exact) mass is 289 g/mol. The molecule has 4 heteroatoms. The highest BCUT2D eigenvalue weighted by Crippen LogP contribution is 2.28. The van der Waals surface area contributed by atoms with Crippen molar-refractivity contribution >= 4 is 16.9 Å². The van der Waals surface area contributed by atoms with Gasteiger partial charge >= 0.3 is 5.97 Å². The zero-order valence-corrected chi connectivity index (χ0v) is 12.7. The predicted molar refractivity (Wildman–Crippen MR) is 83.9 cm³/mol. The Hall–Kier alpha value is -1.81. The number of aliphatic hydroxyl groups excluding tert-OH is 1. The molecule has 0 aliphatic rings. The maximum atomic E-state index is 11.6. The lowest BCUT2D eigenvalue weighted by molar-refractivity contribution is 0.0698. The van der Waals surface area contributed by atoms with Gasteiger partial charge in [-0.2, -0.15) is 0 Å². The number of rotatable bonds is 7. The van der Waals surface area contributed by atoms with Crippen LogP contribution in [0.2, 0.25) is 0 Å².